The largest absolute Gasteiger partial charge is 0.460 e. The molecule has 4 nitrogen and oxygen atoms in total. The van der Waals surface area contributed by atoms with Crippen molar-refractivity contribution in [1.82, 2.24) is 5.32 Å². The Balaban J connectivity index is 0. The predicted octanol–water partition coefficient (Wildman–Crippen LogP) is 1.09. The molecule has 0 aliphatic heterocycles. The lowest BCUT2D eigenvalue weighted by Gasteiger charge is -2.05. The van der Waals surface area contributed by atoms with Crippen molar-refractivity contribution in [3.63, 3.8) is 0 Å². The van der Waals surface area contributed by atoms with Crippen LogP contribution in [0, 0.1) is 0 Å². The molecule has 2 N–H and O–H groups in total. The van der Waals surface area contributed by atoms with Crippen LogP contribution in [0.1, 0.15) is 13.8 Å². The van der Waals surface area contributed by atoms with Gasteiger partial charge in [-0.3, -0.25) is 0 Å². The Labute approximate surface area is 99.8 Å². The Kier molecular flexibility index (Phi) is 15.4. The summed E-state index contributed by atoms with van der Waals surface area (Å²) >= 11 is 3.02. The molecule has 1 unspecified atom stereocenters. The minimum absolute atomic E-state index is 0.0100. The van der Waals surface area contributed by atoms with Crippen LogP contribution >= 0.6 is 15.9 Å². The van der Waals surface area contributed by atoms with Crippen LogP contribution in [0.4, 0.5) is 0 Å². The van der Waals surface area contributed by atoms with Crippen molar-refractivity contribution in [2.45, 2.75) is 20.0 Å². The van der Waals surface area contributed by atoms with Gasteiger partial charge in [-0.1, -0.05) is 36.4 Å². The summed E-state index contributed by atoms with van der Waals surface area (Å²) in [6.07, 6.45) is 0.421. The monoisotopic (exact) mass is 281 g/mol. The quantitative estimate of drug-likeness (QED) is 0.435. The zero-order chi connectivity index (χ0) is 12.1. The zero-order valence-corrected chi connectivity index (χ0v) is 10.9. The third-order valence-corrected chi connectivity index (χ3v) is 2.01. The molecule has 0 rings (SSSR count). The van der Waals surface area contributed by atoms with Crippen LogP contribution < -0.4 is 5.32 Å². The number of carbonyl (C=O) groups is 1. The summed E-state index contributed by atoms with van der Waals surface area (Å²) in [7, 11) is 0. The molecule has 0 aromatic carbocycles. The fraction of sp³-hybridized carbons (Fsp3) is 0.700. The number of carbonyl (C=O) groups excluding carboxylic acids is 1. The molecule has 0 aromatic rings. The molecule has 90 valence electrons. The van der Waals surface area contributed by atoms with Gasteiger partial charge in [0.1, 0.15) is 6.61 Å². The van der Waals surface area contributed by atoms with Gasteiger partial charge in [0.25, 0.3) is 0 Å². The van der Waals surface area contributed by atoms with Crippen molar-refractivity contribution < 1.29 is 14.6 Å². The van der Waals surface area contributed by atoms with Gasteiger partial charge in [-0.2, -0.15) is 0 Å². The van der Waals surface area contributed by atoms with Crippen molar-refractivity contribution in [3.8, 4) is 0 Å². The summed E-state index contributed by atoms with van der Waals surface area (Å²) in [5, 5.41) is 12.4. The molecule has 0 bridgehead atoms. The maximum absolute atomic E-state index is 10.4. The van der Waals surface area contributed by atoms with E-state index in [9.17, 15) is 4.79 Å². The summed E-state index contributed by atoms with van der Waals surface area (Å²) in [5.74, 6) is -0.514. The Morgan fingerprint density at radius 2 is 2.13 bits per heavy atom. The van der Waals surface area contributed by atoms with Crippen LogP contribution in [0.5, 0.6) is 0 Å². The molecule has 5 heteroatoms. The Morgan fingerprint density at radius 1 is 1.60 bits per heavy atom. The van der Waals surface area contributed by atoms with Gasteiger partial charge in [0.2, 0.25) is 0 Å². The summed E-state index contributed by atoms with van der Waals surface area (Å²) in [4.78, 5) is 10.4. The summed E-state index contributed by atoms with van der Waals surface area (Å²) in [6.45, 7) is 9.60. The third-order valence-electron chi connectivity index (χ3n) is 1.26. The smallest absolute Gasteiger partial charge is 0.330 e. The van der Waals surface area contributed by atoms with Crippen molar-refractivity contribution in [3.05, 3.63) is 12.7 Å². The molecule has 0 spiro atoms. The van der Waals surface area contributed by atoms with Crippen LogP contribution in [0.3, 0.4) is 0 Å². The van der Waals surface area contributed by atoms with E-state index in [1.54, 1.807) is 0 Å². The molecular formula is C10H20BrNO3. The number of aliphatic hydroxyl groups is 1. The molecule has 0 amide bonds. The number of ether oxygens (including phenoxy) is 1. The van der Waals surface area contributed by atoms with E-state index in [0.29, 0.717) is 5.33 Å². The number of nitrogens with one attached hydrogen (secondary N) is 1. The Morgan fingerprint density at radius 3 is 2.40 bits per heavy atom. The summed E-state index contributed by atoms with van der Waals surface area (Å²) < 4.78 is 4.51. The summed E-state index contributed by atoms with van der Waals surface area (Å²) in [5.41, 5.74) is 0. The molecule has 0 fully saturated rings. The fourth-order valence-electron chi connectivity index (χ4n) is 0.532. The van der Waals surface area contributed by atoms with Crippen LogP contribution in [0.15, 0.2) is 12.7 Å². The van der Waals surface area contributed by atoms with E-state index in [0.717, 1.165) is 19.2 Å². The second-order valence-corrected chi connectivity index (χ2v) is 3.25. The van der Waals surface area contributed by atoms with Crippen LogP contribution in [-0.2, 0) is 9.53 Å². The van der Waals surface area contributed by atoms with Gasteiger partial charge in [-0.05, 0) is 13.1 Å². The van der Waals surface area contributed by atoms with E-state index < -0.39 is 12.1 Å². The van der Waals surface area contributed by atoms with Crippen molar-refractivity contribution >= 4 is 21.9 Å². The van der Waals surface area contributed by atoms with E-state index in [2.05, 4.69) is 46.4 Å². The molecule has 0 saturated heterocycles. The third kappa shape index (κ3) is 16.3. The first-order valence-electron chi connectivity index (χ1n) is 4.86. The van der Waals surface area contributed by atoms with E-state index in [1.165, 1.54) is 0 Å². The minimum atomic E-state index is -0.635. The lowest BCUT2D eigenvalue weighted by molar-refractivity contribution is -0.140. The Bertz CT molecular complexity index is 163. The number of halogens is 1. The van der Waals surface area contributed by atoms with Gasteiger partial charge in [0.05, 0.1) is 6.10 Å². The molecule has 0 aliphatic rings. The molecule has 0 heterocycles. The Hall–Kier alpha value is -0.390. The van der Waals surface area contributed by atoms with Gasteiger partial charge < -0.3 is 15.2 Å². The fourth-order valence-corrected chi connectivity index (χ4v) is 0.719. The molecular weight excluding hydrogens is 262 g/mol. The van der Waals surface area contributed by atoms with Gasteiger partial charge in [-0.15, -0.1) is 0 Å². The number of hydrogen-bond acceptors (Lipinski definition) is 4. The van der Waals surface area contributed by atoms with E-state index in [1.807, 2.05) is 0 Å². The zero-order valence-electron chi connectivity index (χ0n) is 9.33. The lowest BCUT2D eigenvalue weighted by Crippen LogP contribution is -2.18. The number of esters is 1. The lowest BCUT2D eigenvalue weighted by atomic mass is 10.4. The first-order valence-corrected chi connectivity index (χ1v) is 5.98. The van der Waals surface area contributed by atoms with Gasteiger partial charge >= 0.3 is 5.97 Å². The van der Waals surface area contributed by atoms with Gasteiger partial charge in [0.15, 0.2) is 0 Å². The first-order chi connectivity index (χ1) is 7.12. The molecule has 1 atom stereocenters. The highest BCUT2D eigenvalue weighted by atomic mass is 79.9. The van der Waals surface area contributed by atoms with Gasteiger partial charge in [0, 0.05) is 11.4 Å². The average Bonchev–Trinajstić information content (AvgIpc) is 2.27. The van der Waals surface area contributed by atoms with Crippen molar-refractivity contribution in [1.29, 1.82) is 0 Å². The number of rotatable bonds is 6. The SMILES string of the molecule is C=CC(=O)OCC(O)CBr.CCNCC. The maximum atomic E-state index is 10.4. The standard InChI is InChI=1S/C6H9BrO3.C4H11N/c1-2-6(9)10-4-5(8)3-7;1-3-5-4-2/h2,5,8H,1,3-4H2;5H,3-4H2,1-2H3. The highest BCUT2D eigenvalue weighted by molar-refractivity contribution is 9.09. The van der Waals surface area contributed by atoms with E-state index in [-0.39, 0.29) is 6.61 Å². The maximum Gasteiger partial charge on any atom is 0.330 e. The molecule has 0 aromatic heterocycles. The van der Waals surface area contributed by atoms with E-state index in [4.69, 9.17) is 5.11 Å². The summed E-state index contributed by atoms with van der Waals surface area (Å²) in [6, 6.07) is 0. The number of hydrogen-bond donors (Lipinski definition) is 2. The van der Waals surface area contributed by atoms with Crippen LogP contribution in [0.2, 0.25) is 0 Å². The first kappa shape index (κ1) is 17.0. The molecule has 0 saturated carbocycles. The average molecular weight is 282 g/mol. The minimum Gasteiger partial charge on any atom is -0.460 e. The second kappa shape index (κ2) is 13.6. The van der Waals surface area contributed by atoms with Crippen molar-refractivity contribution in [2.24, 2.45) is 0 Å². The van der Waals surface area contributed by atoms with Crippen molar-refractivity contribution in [2.75, 3.05) is 25.0 Å². The van der Waals surface area contributed by atoms with Crippen LogP contribution in [0.25, 0.3) is 0 Å². The second-order valence-electron chi connectivity index (χ2n) is 2.60. The number of aliphatic hydroxyl groups excluding tert-OH is 1. The predicted molar refractivity (Wildman–Crippen MR) is 65.2 cm³/mol. The molecule has 15 heavy (non-hydrogen) atoms. The van der Waals surface area contributed by atoms with E-state index >= 15 is 0 Å². The topological polar surface area (TPSA) is 58.6 Å². The highest BCUT2D eigenvalue weighted by Crippen LogP contribution is 1.91. The van der Waals surface area contributed by atoms with Crippen LogP contribution in [-0.4, -0.2) is 42.2 Å². The van der Waals surface area contributed by atoms with Gasteiger partial charge in [-0.25, -0.2) is 4.79 Å². The normalized spacial score (nSPS) is 10.9. The molecule has 0 radical (unpaired) electrons. The highest BCUT2D eigenvalue weighted by Gasteiger charge is 2.03. The molecule has 0 aliphatic carbocycles. The number of alkyl halides is 1.